The molecule has 8 heteroatoms. The fourth-order valence-corrected chi connectivity index (χ4v) is 2.02. The molecule has 7 nitrogen and oxygen atoms in total. The van der Waals surface area contributed by atoms with E-state index in [1.54, 1.807) is 18.2 Å². The maximum absolute atomic E-state index is 13.7. The number of non-ortho nitro benzene ring substituents is 1. The molecule has 0 fully saturated rings. The van der Waals surface area contributed by atoms with Crippen LogP contribution in [0.25, 0.3) is 6.08 Å². The SMILES string of the molecule is COc1ccc(/C=C/C(=O)Nc2cc([N+](=O)[O-])ccc2F)c(OC)c1. The molecule has 0 radical (unpaired) electrons. The number of ether oxygens (including phenoxy) is 2. The molecule has 0 aliphatic carbocycles. The molecular formula is C17H15FN2O5. The average molecular weight is 346 g/mol. The van der Waals surface area contributed by atoms with E-state index in [0.29, 0.717) is 17.1 Å². The minimum absolute atomic E-state index is 0.273. The Morgan fingerprint density at radius 2 is 1.96 bits per heavy atom. The Balaban J connectivity index is 2.16. The second kappa shape index (κ2) is 7.91. The number of nitro groups is 1. The monoisotopic (exact) mass is 346 g/mol. The first-order valence-corrected chi connectivity index (χ1v) is 7.09. The number of rotatable bonds is 6. The molecule has 0 aliphatic rings. The molecule has 130 valence electrons. The van der Waals surface area contributed by atoms with Crippen molar-refractivity contribution in [1.82, 2.24) is 0 Å². The average Bonchev–Trinajstić information content (AvgIpc) is 2.61. The number of anilines is 1. The summed E-state index contributed by atoms with van der Waals surface area (Å²) in [6.45, 7) is 0. The molecular weight excluding hydrogens is 331 g/mol. The number of nitro benzene ring substituents is 1. The number of methoxy groups -OCH3 is 2. The van der Waals surface area contributed by atoms with Crippen LogP contribution in [0.15, 0.2) is 42.5 Å². The predicted octanol–water partition coefficient (Wildman–Crippen LogP) is 3.40. The zero-order chi connectivity index (χ0) is 18.4. The van der Waals surface area contributed by atoms with Crippen LogP contribution >= 0.6 is 0 Å². The Hall–Kier alpha value is -3.42. The van der Waals surface area contributed by atoms with Crippen molar-refractivity contribution >= 4 is 23.4 Å². The van der Waals surface area contributed by atoms with E-state index in [4.69, 9.17) is 9.47 Å². The highest BCUT2D eigenvalue weighted by molar-refractivity contribution is 6.02. The first kappa shape index (κ1) is 17.9. The number of nitrogens with one attached hydrogen (secondary N) is 1. The van der Waals surface area contributed by atoms with E-state index in [1.165, 1.54) is 26.4 Å². The van der Waals surface area contributed by atoms with Crippen molar-refractivity contribution in [2.45, 2.75) is 0 Å². The quantitative estimate of drug-likeness (QED) is 0.492. The van der Waals surface area contributed by atoms with Gasteiger partial charge in [0, 0.05) is 29.8 Å². The van der Waals surface area contributed by atoms with Crippen LogP contribution in [0.4, 0.5) is 15.8 Å². The van der Waals surface area contributed by atoms with Gasteiger partial charge < -0.3 is 14.8 Å². The Labute approximate surface area is 142 Å². The van der Waals surface area contributed by atoms with Crippen LogP contribution in [0.1, 0.15) is 5.56 Å². The Kier molecular flexibility index (Phi) is 5.67. The molecule has 0 atom stereocenters. The number of amides is 1. The van der Waals surface area contributed by atoms with Crippen molar-refractivity contribution in [1.29, 1.82) is 0 Å². The molecule has 0 aliphatic heterocycles. The van der Waals surface area contributed by atoms with Crippen LogP contribution in [-0.4, -0.2) is 25.1 Å². The van der Waals surface area contributed by atoms with Crippen LogP contribution in [0.5, 0.6) is 11.5 Å². The van der Waals surface area contributed by atoms with Crippen molar-refractivity contribution in [2.75, 3.05) is 19.5 Å². The van der Waals surface area contributed by atoms with Crippen molar-refractivity contribution in [3.63, 3.8) is 0 Å². The lowest BCUT2D eigenvalue weighted by molar-refractivity contribution is -0.384. The van der Waals surface area contributed by atoms with E-state index in [-0.39, 0.29) is 11.4 Å². The molecule has 0 heterocycles. The van der Waals surface area contributed by atoms with E-state index in [2.05, 4.69) is 5.32 Å². The molecule has 0 spiro atoms. The minimum Gasteiger partial charge on any atom is -0.497 e. The molecule has 0 saturated heterocycles. The van der Waals surface area contributed by atoms with Crippen LogP contribution in [-0.2, 0) is 4.79 Å². The third kappa shape index (κ3) is 4.54. The van der Waals surface area contributed by atoms with Crippen molar-refractivity contribution in [3.05, 3.63) is 64.0 Å². The smallest absolute Gasteiger partial charge is 0.271 e. The third-order valence-electron chi connectivity index (χ3n) is 3.27. The van der Waals surface area contributed by atoms with Gasteiger partial charge in [-0.05, 0) is 24.3 Å². The molecule has 1 amide bonds. The van der Waals surface area contributed by atoms with Gasteiger partial charge in [0.25, 0.3) is 5.69 Å². The highest BCUT2D eigenvalue weighted by Crippen LogP contribution is 2.26. The number of halogens is 1. The topological polar surface area (TPSA) is 90.7 Å². The number of hydrogen-bond donors (Lipinski definition) is 1. The third-order valence-corrected chi connectivity index (χ3v) is 3.27. The van der Waals surface area contributed by atoms with E-state index >= 15 is 0 Å². The van der Waals surface area contributed by atoms with Gasteiger partial charge in [0.1, 0.15) is 17.3 Å². The summed E-state index contributed by atoms with van der Waals surface area (Å²) in [5, 5.41) is 13.0. The molecule has 25 heavy (non-hydrogen) atoms. The highest BCUT2D eigenvalue weighted by Gasteiger charge is 2.12. The second-order valence-electron chi connectivity index (χ2n) is 4.85. The van der Waals surface area contributed by atoms with E-state index in [9.17, 15) is 19.3 Å². The summed E-state index contributed by atoms with van der Waals surface area (Å²) in [7, 11) is 3.00. The standard InChI is InChI=1S/C17H15FN2O5/c1-24-13-6-3-11(16(10-13)25-2)4-8-17(21)19-15-9-12(20(22)23)5-7-14(15)18/h3-10H,1-2H3,(H,19,21)/b8-4+. The molecule has 1 N–H and O–H groups in total. The predicted molar refractivity (Wildman–Crippen MR) is 90.3 cm³/mol. The molecule has 2 aromatic rings. The number of benzene rings is 2. The summed E-state index contributed by atoms with van der Waals surface area (Å²) < 4.78 is 23.9. The van der Waals surface area contributed by atoms with Gasteiger partial charge in [-0.2, -0.15) is 0 Å². The van der Waals surface area contributed by atoms with Gasteiger partial charge in [-0.3, -0.25) is 14.9 Å². The first-order valence-electron chi connectivity index (χ1n) is 7.09. The summed E-state index contributed by atoms with van der Waals surface area (Å²) in [6.07, 6.45) is 2.64. The lowest BCUT2D eigenvalue weighted by atomic mass is 10.1. The largest absolute Gasteiger partial charge is 0.497 e. The van der Waals surface area contributed by atoms with Gasteiger partial charge in [-0.25, -0.2) is 4.39 Å². The van der Waals surface area contributed by atoms with Gasteiger partial charge in [0.05, 0.1) is 24.8 Å². The molecule has 2 aromatic carbocycles. The molecule has 0 saturated carbocycles. The maximum Gasteiger partial charge on any atom is 0.271 e. The fraction of sp³-hybridized carbons (Fsp3) is 0.118. The van der Waals surface area contributed by atoms with Crippen molar-refractivity contribution in [3.8, 4) is 11.5 Å². The molecule has 0 unspecified atom stereocenters. The highest BCUT2D eigenvalue weighted by atomic mass is 19.1. The molecule has 2 rings (SSSR count). The summed E-state index contributed by atoms with van der Waals surface area (Å²) in [4.78, 5) is 22.0. The van der Waals surface area contributed by atoms with Crippen molar-refractivity contribution < 1.29 is 23.6 Å². The second-order valence-corrected chi connectivity index (χ2v) is 4.85. The van der Waals surface area contributed by atoms with Crippen LogP contribution in [0, 0.1) is 15.9 Å². The summed E-state index contributed by atoms with van der Waals surface area (Å²) in [5.74, 6) is -0.325. The number of carbonyl (C=O) groups excluding carboxylic acids is 1. The first-order chi connectivity index (χ1) is 11.9. The van der Waals surface area contributed by atoms with E-state index < -0.39 is 16.6 Å². The molecule has 0 aromatic heterocycles. The number of hydrogen-bond acceptors (Lipinski definition) is 5. The zero-order valence-corrected chi connectivity index (χ0v) is 13.5. The fourth-order valence-electron chi connectivity index (χ4n) is 2.02. The number of nitrogens with zero attached hydrogens (tertiary/aromatic N) is 1. The van der Waals surface area contributed by atoms with E-state index in [1.807, 2.05) is 0 Å². The lowest BCUT2D eigenvalue weighted by Crippen LogP contribution is -2.09. The van der Waals surface area contributed by atoms with Crippen LogP contribution < -0.4 is 14.8 Å². The van der Waals surface area contributed by atoms with Crippen LogP contribution in [0.2, 0.25) is 0 Å². The lowest BCUT2D eigenvalue weighted by Gasteiger charge is -2.07. The van der Waals surface area contributed by atoms with Gasteiger partial charge in [-0.15, -0.1) is 0 Å². The van der Waals surface area contributed by atoms with Gasteiger partial charge >= 0.3 is 0 Å². The van der Waals surface area contributed by atoms with Gasteiger partial charge in [0.2, 0.25) is 5.91 Å². The van der Waals surface area contributed by atoms with Gasteiger partial charge in [0.15, 0.2) is 0 Å². The van der Waals surface area contributed by atoms with Crippen LogP contribution in [0.3, 0.4) is 0 Å². The normalized spacial score (nSPS) is 10.5. The van der Waals surface area contributed by atoms with Gasteiger partial charge in [-0.1, -0.05) is 0 Å². The summed E-state index contributed by atoms with van der Waals surface area (Å²) >= 11 is 0. The van der Waals surface area contributed by atoms with Crippen molar-refractivity contribution in [2.24, 2.45) is 0 Å². The summed E-state index contributed by atoms with van der Waals surface area (Å²) in [6, 6.07) is 7.93. The Morgan fingerprint density at radius 3 is 2.60 bits per heavy atom. The Morgan fingerprint density at radius 1 is 1.20 bits per heavy atom. The molecule has 0 bridgehead atoms. The summed E-state index contributed by atoms with van der Waals surface area (Å²) in [5.41, 5.74) is 0.0148. The number of carbonyl (C=O) groups is 1. The maximum atomic E-state index is 13.7. The zero-order valence-electron chi connectivity index (χ0n) is 13.5. The van der Waals surface area contributed by atoms with E-state index in [0.717, 1.165) is 18.2 Å². The minimum atomic E-state index is -0.769. The Bertz CT molecular complexity index is 836.